The van der Waals surface area contributed by atoms with Crippen LogP contribution in [0.3, 0.4) is 0 Å². The molecule has 0 spiro atoms. The Labute approximate surface area is 86.9 Å². The van der Waals surface area contributed by atoms with Crippen LogP contribution in [-0.4, -0.2) is 24.2 Å². The van der Waals surface area contributed by atoms with Crippen molar-refractivity contribution >= 4 is 11.4 Å². The van der Waals surface area contributed by atoms with Crippen molar-refractivity contribution in [3.05, 3.63) is 23.8 Å². The van der Waals surface area contributed by atoms with Gasteiger partial charge in [-0.2, -0.15) is 0 Å². The van der Waals surface area contributed by atoms with Crippen LogP contribution >= 0.6 is 0 Å². The number of anilines is 2. The lowest BCUT2D eigenvalue weighted by Gasteiger charge is -2.16. The predicted octanol–water partition coefficient (Wildman–Crippen LogP) is 1.62. The predicted molar refractivity (Wildman–Crippen MR) is 56.1 cm³/mol. The summed E-state index contributed by atoms with van der Waals surface area (Å²) in [6, 6.07) is 5.05. The molecule has 15 heavy (non-hydrogen) atoms. The Morgan fingerprint density at radius 3 is 2.73 bits per heavy atom. The first-order valence-corrected chi connectivity index (χ1v) is 4.54. The smallest absolute Gasteiger partial charge is 0.287 e. The van der Waals surface area contributed by atoms with E-state index in [0.29, 0.717) is 11.4 Å². The highest BCUT2D eigenvalue weighted by atomic mass is 19.3. The summed E-state index contributed by atoms with van der Waals surface area (Å²) in [6.45, 7) is -0.0239. The lowest BCUT2D eigenvalue weighted by atomic mass is 10.1. The third-order valence-corrected chi connectivity index (χ3v) is 2.14. The summed E-state index contributed by atoms with van der Waals surface area (Å²) >= 11 is 0. The highest BCUT2D eigenvalue weighted by Gasteiger charge is 2.27. The molecule has 0 amide bonds. The zero-order valence-corrected chi connectivity index (χ0v) is 8.43. The van der Waals surface area contributed by atoms with Gasteiger partial charge in [0.05, 0.1) is 6.54 Å². The average molecular weight is 216 g/mol. The number of halogens is 2. The van der Waals surface area contributed by atoms with Gasteiger partial charge in [-0.1, -0.05) is 6.07 Å². The standard InChI is InChI=1S/C10H14F2N2O/c1-7-8(13)3-2-4-9(7)14-5-10(11,12)6-15/h2-4,14-15H,5-6,13H2,1H3. The molecule has 0 radical (unpaired) electrons. The van der Waals surface area contributed by atoms with Crippen molar-refractivity contribution in [3.8, 4) is 0 Å². The molecule has 3 nitrogen and oxygen atoms in total. The van der Waals surface area contributed by atoms with Gasteiger partial charge in [-0.15, -0.1) is 0 Å². The van der Waals surface area contributed by atoms with E-state index >= 15 is 0 Å². The summed E-state index contributed by atoms with van der Waals surface area (Å²) in [5.41, 5.74) is 7.45. The van der Waals surface area contributed by atoms with E-state index in [2.05, 4.69) is 5.32 Å². The molecule has 0 aliphatic rings. The second-order valence-corrected chi connectivity index (χ2v) is 3.39. The van der Waals surface area contributed by atoms with Crippen LogP contribution in [0.4, 0.5) is 20.2 Å². The fourth-order valence-electron chi connectivity index (χ4n) is 1.13. The van der Waals surface area contributed by atoms with Crippen LogP contribution in [0.2, 0.25) is 0 Å². The van der Waals surface area contributed by atoms with Crippen molar-refractivity contribution in [3.63, 3.8) is 0 Å². The van der Waals surface area contributed by atoms with Crippen LogP contribution in [0, 0.1) is 6.92 Å². The van der Waals surface area contributed by atoms with Gasteiger partial charge in [0.25, 0.3) is 5.92 Å². The van der Waals surface area contributed by atoms with E-state index in [4.69, 9.17) is 10.8 Å². The van der Waals surface area contributed by atoms with Gasteiger partial charge in [-0.3, -0.25) is 0 Å². The first-order chi connectivity index (χ1) is 6.96. The zero-order chi connectivity index (χ0) is 11.5. The highest BCUT2D eigenvalue weighted by molar-refractivity contribution is 5.62. The van der Waals surface area contributed by atoms with Gasteiger partial charge < -0.3 is 16.2 Å². The second-order valence-electron chi connectivity index (χ2n) is 3.39. The van der Waals surface area contributed by atoms with Crippen molar-refractivity contribution in [2.24, 2.45) is 0 Å². The third-order valence-electron chi connectivity index (χ3n) is 2.14. The van der Waals surface area contributed by atoms with Gasteiger partial charge in [0.1, 0.15) is 6.61 Å². The topological polar surface area (TPSA) is 58.3 Å². The first kappa shape index (κ1) is 11.7. The normalized spacial score (nSPS) is 11.5. The van der Waals surface area contributed by atoms with Gasteiger partial charge in [0.15, 0.2) is 0 Å². The summed E-state index contributed by atoms with van der Waals surface area (Å²) in [4.78, 5) is 0. The monoisotopic (exact) mass is 216 g/mol. The molecule has 0 atom stereocenters. The summed E-state index contributed by atoms with van der Waals surface area (Å²) in [5.74, 6) is -3.11. The number of benzene rings is 1. The number of alkyl halides is 2. The Hall–Kier alpha value is -1.36. The number of nitrogen functional groups attached to an aromatic ring is 1. The summed E-state index contributed by atoms with van der Waals surface area (Å²) in [6.07, 6.45) is 0. The quantitative estimate of drug-likeness (QED) is 0.670. The summed E-state index contributed by atoms with van der Waals surface area (Å²) in [7, 11) is 0. The molecule has 0 fully saturated rings. The van der Waals surface area contributed by atoms with Gasteiger partial charge >= 0.3 is 0 Å². The average Bonchev–Trinajstić information content (AvgIpc) is 2.20. The number of nitrogens with two attached hydrogens (primary N) is 1. The summed E-state index contributed by atoms with van der Waals surface area (Å²) < 4.78 is 25.5. The number of aliphatic hydroxyl groups excluding tert-OH is 1. The van der Waals surface area contributed by atoms with Crippen LogP contribution in [0.1, 0.15) is 5.56 Å². The lowest BCUT2D eigenvalue weighted by molar-refractivity contribution is -0.0372. The van der Waals surface area contributed by atoms with Crippen LogP contribution in [0.25, 0.3) is 0 Å². The van der Waals surface area contributed by atoms with E-state index in [0.717, 1.165) is 5.56 Å². The molecule has 0 aliphatic heterocycles. The number of hydrogen-bond donors (Lipinski definition) is 3. The van der Waals surface area contributed by atoms with Gasteiger partial charge in [-0.05, 0) is 24.6 Å². The molecule has 0 bridgehead atoms. The SMILES string of the molecule is Cc1c(N)cccc1NCC(F)(F)CO. The van der Waals surface area contributed by atoms with E-state index in [-0.39, 0.29) is 0 Å². The van der Waals surface area contributed by atoms with Crippen molar-refractivity contribution in [2.75, 3.05) is 24.2 Å². The first-order valence-electron chi connectivity index (χ1n) is 4.54. The molecule has 5 heteroatoms. The fraction of sp³-hybridized carbons (Fsp3) is 0.400. The van der Waals surface area contributed by atoms with E-state index < -0.39 is 19.1 Å². The van der Waals surface area contributed by atoms with Gasteiger partial charge in [0, 0.05) is 11.4 Å². The Balaban J connectivity index is 2.70. The molecule has 1 aromatic carbocycles. The minimum atomic E-state index is -3.11. The van der Waals surface area contributed by atoms with Gasteiger partial charge in [-0.25, -0.2) is 8.78 Å². The van der Waals surface area contributed by atoms with E-state index in [1.165, 1.54) is 0 Å². The largest absolute Gasteiger partial charge is 0.398 e. The fourth-order valence-corrected chi connectivity index (χ4v) is 1.13. The Kier molecular flexibility index (Phi) is 3.47. The molecular formula is C10H14F2N2O. The molecular weight excluding hydrogens is 202 g/mol. The number of hydrogen-bond acceptors (Lipinski definition) is 3. The third kappa shape index (κ3) is 3.06. The number of nitrogens with one attached hydrogen (secondary N) is 1. The minimum absolute atomic E-state index is 0.548. The van der Waals surface area contributed by atoms with Crippen molar-refractivity contribution in [2.45, 2.75) is 12.8 Å². The van der Waals surface area contributed by atoms with Crippen molar-refractivity contribution < 1.29 is 13.9 Å². The van der Waals surface area contributed by atoms with E-state index in [1.807, 2.05) is 0 Å². The van der Waals surface area contributed by atoms with Crippen LogP contribution < -0.4 is 11.1 Å². The molecule has 0 saturated carbocycles. The van der Waals surface area contributed by atoms with Crippen LogP contribution in [0.5, 0.6) is 0 Å². The Morgan fingerprint density at radius 1 is 1.47 bits per heavy atom. The van der Waals surface area contributed by atoms with E-state index in [1.54, 1.807) is 25.1 Å². The van der Waals surface area contributed by atoms with Crippen molar-refractivity contribution in [1.29, 1.82) is 0 Å². The molecule has 0 unspecified atom stereocenters. The molecule has 0 heterocycles. The molecule has 0 aliphatic carbocycles. The molecule has 0 saturated heterocycles. The Morgan fingerprint density at radius 2 is 2.13 bits per heavy atom. The number of rotatable bonds is 4. The minimum Gasteiger partial charge on any atom is -0.398 e. The number of aliphatic hydroxyl groups is 1. The lowest BCUT2D eigenvalue weighted by Crippen LogP contribution is -2.31. The molecule has 1 aromatic rings. The zero-order valence-electron chi connectivity index (χ0n) is 8.43. The second kappa shape index (κ2) is 4.44. The summed E-state index contributed by atoms with van der Waals surface area (Å²) in [5, 5.41) is 10.9. The van der Waals surface area contributed by atoms with E-state index in [9.17, 15) is 8.78 Å². The van der Waals surface area contributed by atoms with Crippen LogP contribution in [-0.2, 0) is 0 Å². The maximum absolute atomic E-state index is 12.7. The van der Waals surface area contributed by atoms with Crippen molar-refractivity contribution in [1.82, 2.24) is 0 Å². The van der Waals surface area contributed by atoms with Crippen LogP contribution in [0.15, 0.2) is 18.2 Å². The highest BCUT2D eigenvalue weighted by Crippen LogP contribution is 2.22. The Bertz CT molecular complexity index is 342. The molecule has 84 valence electrons. The van der Waals surface area contributed by atoms with Gasteiger partial charge in [0.2, 0.25) is 0 Å². The maximum Gasteiger partial charge on any atom is 0.287 e. The molecule has 0 aromatic heterocycles. The maximum atomic E-state index is 12.7. The molecule has 1 rings (SSSR count). The molecule has 4 N–H and O–H groups in total.